The van der Waals surface area contributed by atoms with E-state index >= 15 is 0 Å². The summed E-state index contributed by atoms with van der Waals surface area (Å²) in [5.74, 6) is 0.0681. The van der Waals surface area contributed by atoms with Gasteiger partial charge in [-0.1, -0.05) is 12.6 Å². The van der Waals surface area contributed by atoms with Gasteiger partial charge in [0.25, 0.3) is 0 Å². The van der Waals surface area contributed by atoms with Crippen molar-refractivity contribution in [3.8, 4) is 0 Å². The third-order valence-corrected chi connectivity index (χ3v) is 3.20. The van der Waals surface area contributed by atoms with Crippen LogP contribution in [0, 0.1) is 0 Å². The third kappa shape index (κ3) is 2.54. The van der Waals surface area contributed by atoms with Crippen LogP contribution in [-0.2, 0) is 4.79 Å². The highest BCUT2D eigenvalue weighted by molar-refractivity contribution is 5.92. The van der Waals surface area contributed by atoms with Crippen LogP contribution in [0.1, 0.15) is 37.8 Å². The Morgan fingerprint density at radius 3 is 3.00 bits per heavy atom. The van der Waals surface area contributed by atoms with Crippen LogP contribution in [0.3, 0.4) is 0 Å². The molecule has 1 saturated heterocycles. The molecule has 3 nitrogen and oxygen atoms in total. The molecule has 2 rings (SSSR count). The molecular formula is C14H18N2O. The molecule has 0 radical (unpaired) electrons. The summed E-state index contributed by atoms with van der Waals surface area (Å²) >= 11 is 0. The van der Waals surface area contributed by atoms with E-state index in [0.717, 1.165) is 24.9 Å². The van der Waals surface area contributed by atoms with Gasteiger partial charge in [-0.2, -0.15) is 0 Å². The zero-order chi connectivity index (χ0) is 12.3. The maximum absolute atomic E-state index is 12.1. The van der Waals surface area contributed by atoms with E-state index < -0.39 is 0 Å². The van der Waals surface area contributed by atoms with Crippen molar-refractivity contribution < 1.29 is 4.79 Å². The van der Waals surface area contributed by atoms with Gasteiger partial charge in [-0.25, -0.2) is 0 Å². The molecule has 1 fully saturated rings. The lowest BCUT2D eigenvalue weighted by Crippen LogP contribution is -2.38. The number of carbonyl (C=O) groups is 1. The van der Waals surface area contributed by atoms with Crippen molar-refractivity contribution in [3.63, 3.8) is 0 Å². The average Bonchev–Trinajstić information content (AvgIpc) is 2.39. The fraction of sp³-hybridized carbons (Fsp3) is 0.429. The van der Waals surface area contributed by atoms with Gasteiger partial charge in [0.05, 0.1) is 6.04 Å². The minimum Gasteiger partial charge on any atom is -0.332 e. The van der Waals surface area contributed by atoms with Gasteiger partial charge in [-0.05, 0) is 37.8 Å². The van der Waals surface area contributed by atoms with Crippen LogP contribution in [0.15, 0.2) is 36.7 Å². The summed E-state index contributed by atoms with van der Waals surface area (Å²) in [5, 5.41) is 0. The lowest BCUT2D eigenvalue weighted by Gasteiger charge is -2.36. The number of rotatable bonds is 2. The highest BCUT2D eigenvalue weighted by atomic mass is 16.2. The van der Waals surface area contributed by atoms with Crippen molar-refractivity contribution in [3.05, 3.63) is 42.2 Å². The van der Waals surface area contributed by atoms with Crippen molar-refractivity contribution in [1.82, 2.24) is 9.88 Å². The van der Waals surface area contributed by atoms with E-state index in [-0.39, 0.29) is 11.9 Å². The fourth-order valence-corrected chi connectivity index (χ4v) is 2.34. The van der Waals surface area contributed by atoms with Crippen molar-refractivity contribution in [1.29, 1.82) is 0 Å². The smallest absolute Gasteiger partial charge is 0.249 e. The Bertz CT molecular complexity index is 413. The van der Waals surface area contributed by atoms with Gasteiger partial charge in [-0.3, -0.25) is 9.78 Å². The Morgan fingerprint density at radius 1 is 1.53 bits per heavy atom. The number of piperidine rings is 1. The molecule has 0 aliphatic carbocycles. The second-order valence-corrected chi connectivity index (χ2v) is 4.58. The van der Waals surface area contributed by atoms with E-state index in [0.29, 0.717) is 5.57 Å². The largest absolute Gasteiger partial charge is 0.332 e. The Morgan fingerprint density at radius 2 is 2.35 bits per heavy atom. The van der Waals surface area contributed by atoms with Gasteiger partial charge in [0.1, 0.15) is 0 Å². The second-order valence-electron chi connectivity index (χ2n) is 4.58. The number of hydrogen-bond donors (Lipinski definition) is 0. The van der Waals surface area contributed by atoms with E-state index in [9.17, 15) is 4.79 Å². The third-order valence-electron chi connectivity index (χ3n) is 3.20. The van der Waals surface area contributed by atoms with Crippen molar-refractivity contribution in [2.24, 2.45) is 0 Å². The molecule has 1 aromatic rings. The second kappa shape index (κ2) is 5.13. The Labute approximate surface area is 102 Å². The first-order valence-electron chi connectivity index (χ1n) is 6.06. The lowest BCUT2D eigenvalue weighted by atomic mass is 9.96. The summed E-state index contributed by atoms with van der Waals surface area (Å²) in [6.07, 6.45) is 6.88. The van der Waals surface area contributed by atoms with Crippen LogP contribution in [0.4, 0.5) is 0 Å². The predicted molar refractivity (Wildman–Crippen MR) is 67.4 cm³/mol. The summed E-state index contributed by atoms with van der Waals surface area (Å²) in [4.78, 5) is 18.2. The first-order valence-corrected chi connectivity index (χ1v) is 6.06. The summed E-state index contributed by atoms with van der Waals surface area (Å²) < 4.78 is 0. The van der Waals surface area contributed by atoms with E-state index in [1.54, 1.807) is 13.1 Å². The van der Waals surface area contributed by atoms with E-state index in [4.69, 9.17) is 0 Å². The van der Waals surface area contributed by atoms with Gasteiger partial charge in [-0.15, -0.1) is 0 Å². The molecular weight excluding hydrogens is 212 g/mol. The summed E-state index contributed by atoms with van der Waals surface area (Å²) in [7, 11) is 0. The standard InChI is InChI=1S/C14H18N2O/c1-11(2)14(17)16-9-4-3-7-13(16)12-6-5-8-15-10-12/h5-6,8,10,13H,1,3-4,7,9H2,2H3. The molecule has 90 valence electrons. The number of carbonyl (C=O) groups excluding carboxylic acids is 1. The van der Waals surface area contributed by atoms with Crippen molar-refractivity contribution in [2.45, 2.75) is 32.2 Å². The van der Waals surface area contributed by atoms with Gasteiger partial charge in [0, 0.05) is 24.5 Å². The van der Waals surface area contributed by atoms with Crippen molar-refractivity contribution in [2.75, 3.05) is 6.54 Å². The quantitative estimate of drug-likeness (QED) is 0.732. The predicted octanol–water partition coefficient (Wildman–Crippen LogP) is 2.71. The molecule has 0 N–H and O–H groups in total. The summed E-state index contributed by atoms with van der Waals surface area (Å²) in [5.41, 5.74) is 1.74. The van der Waals surface area contributed by atoms with Gasteiger partial charge < -0.3 is 4.90 Å². The van der Waals surface area contributed by atoms with E-state index in [1.165, 1.54) is 6.42 Å². The minimum atomic E-state index is 0.0681. The van der Waals surface area contributed by atoms with Crippen LogP contribution >= 0.6 is 0 Å². The maximum atomic E-state index is 12.1. The first kappa shape index (κ1) is 11.8. The molecule has 0 aromatic carbocycles. The zero-order valence-corrected chi connectivity index (χ0v) is 10.2. The molecule has 1 aliphatic rings. The summed E-state index contributed by atoms with van der Waals surface area (Å²) in [6.45, 7) is 6.35. The molecule has 2 heterocycles. The molecule has 1 amide bonds. The topological polar surface area (TPSA) is 33.2 Å². The molecule has 0 bridgehead atoms. The van der Waals surface area contributed by atoms with Crippen LogP contribution in [0.2, 0.25) is 0 Å². The average molecular weight is 230 g/mol. The molecule has 1 aliphatic heterocycles. The fourth-order valence-electron chi connectivity index (χ4n) is 2.34. The maximum Gasteiger partial charge on any atom is 0.249 e. The number of nitrogens with zero attached hydrogens (tertiary/aromatic N) is 2. The number of pyridine rings is 1. The molecule has 17 heavy (non-hydrogen) atoms. The van der Waals surface area contributed by atoms with Crippen LogP contribution in [0.25, 0.3) is 0 Å². The highest BCUT2D eigenvalue weighted by Crippen LogP contribution is 2.31. The molecule has 1 unspecified atom stereocenters. The molecule has 3 heteroatoms. The van der Waals surface area contributed by atoms with Gasteiger partial charge >= 0.3 is 0 Å². The van der Waals surface area contributed by atoms with Gasteiger partial charge in [0.15, 0.2) is 0 Å². The molecule has 0 saturated carbocycles. The zero-order valence-electron chi connectivity index (χ0n) is 10.2. The van der Waals surface area contributed by atoms with Crippen molar-refractivity contribution >= 4 is 5.91 Å². The van der Waals surface area contributed by atoms with Crippen LogP contribution in [0.5, 0.6) is 0 Å². The first-order chi connectivity index (χ1) is 8.20. The normalized spacial score (nSPS) is 20.1. The number of hydrogen-bond acceptors (Lipinski definition) is 2. The number of likely N-dealkylation sites (tertiary alicyclic amines) is 1. The Hall–Kier alpha value is -1.64. The Balaban J connectivity index is 2.24. The van der Waals surface area contributed by atoms with E-state index in [2.05, 4.69) is 11.6 Å². The van der Waals surface area contributed by atoms with Crippen LogP contribution < -0.4 is 0 Å². The SMILES string of the molecule is C=C(C)C(=O)N1CCCCC1c1cccnc1. The monoisotopic (exact) mass is 230 g/mol. The minimum absolute atomic E-state index is 0.0681. The van der Waals surface area contributed by atoms with Crippen LogP contribution in [-0.4, -0.2) is 22.3 Å². The summed E-state index contributed by atoms with van der Waals surface area (Å²) in [6, 6.07) is 4.14. The Kier molecular flexibility index (Phi) is 3.57. The number of aromatic nitrogens is 1. The number of amides is 1. The lowest BCUT2D eigenvalue weighted by molar-refractivity contribution is -0.130. The van der Waals surface area contributed by atoms with E-state index in [1.807, 2.05) is 23.2 Å². The molecule has 0 spiro atoms. The molecule has 1 atom stereocenters. The highest BCUT2D eigenvalue weighted by Gasteiger charge is 2.27. The van der Waals surface area contributed by atoms with Gasteiger partial charge in [0.2, 0.25) is 5.91 Å². The molecule has 1 aromatic heterocycles.